The van der Waals surface area contributed by atoms with Crippen molar-refractivity contribution in [3.8, 4) is 5.69 Å². The third-order valence-electron chi connectivity index (χ3n) is 2.98. The first-order valence-corrected chi connectivity index (χ1v) is 7.41. The third-order valence-corrected chi connectivity index (χ3v) is 3.82. The number of hydrogen-bond acceptors (Lipinski definition) is 4. The molecule has 1 N–H and O–H groups in total. The Labute approximate surface area is 135 Å². The zero-order valence-corrected chi connectivity index (χ0v) is 13.2. The molecule has 0 radical (unpaired) electrons. The quantitative estimate of drug-likeness (QED) is 0.767. The molecule has 3 aromatic rings. The largest absolute Gasteiger partial charge is 0.381 e. The molecule has 0 unspecified atom stereocenters. The lowest BCUT2D eigenvalue weighted by Crippen LogP contribution is -2.01. The zero-order chi connectivity index (χ0) is 14.7. The van der Waals surface area contributed by atoms with E-state index < -0.39 is 0 Å². The Morgan fingerprint density at radius 1 is 1.14 bits per heavy atom. The molecule has 0 atom stereocenters. The zero-order valence-electron chi connectivity index (χ0n) is 10.9. The summed E-state index contributed by atoms with van der Waals surface area (Å²) in [5.74, 6) is 0. The second-order valence-corrected chi connectivity index (χ2v) is 5.71. The van der Waals surface area contributed by atoms with E-state index in [9.17, 15) is 0 Å². The Balaban J connectivity index is 1.68. The summed E-state index contributed by atoms with van der Waals surface area (Å²) in [7, 11) is 0. The van der Waals surface area contributed by atoms with Crippen LogP contribution in [0.25, 0.3) is 5.69 Å². The number of rotatable bonds is 4. The topological polar surface area (TPSA) is 55.6 Å². The summed E-state index contributed by atoms with van der Waals surface area (Å²) < 4.78 is 2.58. The van der Waals surface area contributed by atoms with E-state index in [1.54, 1.807) is 11.0 Å². The summed E-state index contributed by atoms with van der Waals surface area (Å²) in [5, 5.41) is 15.1. The van der Waals surface area contributed by atoms with Crippen molar-refractivity contribution >= 4 is 33.2 Å². The van der Waals surface area contributed by atoms with Crippen LogP contribution in [-0.2, 0) is 6.54 Å². The van der Waals surface area contributed by atoms with Gasteiger partial charge < -0.3 is 5.32 Å². The minimum atomic E-state index is 0.663. The van der Waals surface area contributed by atoms with Gasteiger partial charge in [0.25, 0.3) is 0 Å². The van der Waals surface area contributed by atoms with Crippen molar-refractivity contribution in [2.75, 3.05) is 5.32 Å². The van der Waals surface area contributed by atoms with Crippen molar-refractivity contribution in [1.29, 1.82) is 0 Å². The summed E-state index contributed by atoms with van der Waals surface area (Å²) in [6, 6.07) is 13.7. The molecule has 21 heavy (non-hydrogen) atoms. The molecule has 0 aliphatic carbocycles. The Morgan fingerprint density at radius 2 is 1.95 bits per heavy atom. The van der Waals surface area contributed by atoms with Crippen molar-refractivity contribution < 1.29 is 0 Å². The second-order valence-electron chi connectivity index (χ2n) is 4.39. The molecule has 0 aliphatic rings. The second kappa shape index (κ2) is 6.24. The molecule has 0 fully saturated rings. The van der Waals surface area contributed by atoms with Crippen LogP contribution in [-0.4, -0.2) is 20.2 Å². The molecule has 0 amide bonds. The van der Waals surface area contributed by atoms with Gasteiger partial charge >= 0.3 is 0 Å². The number of anilines is 1. The highest BCUT2D eigenvalue weighted by Crippen LogP contribution is 2.22. The van der Waals surface area contributed by atoms with Gasteiger partial charge in [0, 0.05) is 21.7 Å². The maximum Gasteiger partial charge on any atom is 0.143 e. The van der Waals surface area contributed by atoms with Crippen LogP contribution in [0.5, 0.6) is 0 Å². The Bertz CT molecular complexity index is 728. The molecular weight excluding hydrogens is 354 g/mol. The van der Waals surface area contributed by atoms with E-state index in [2.05, 4.69) is 36.8 Å². The van der Waals surface area contributed by atoms with Gasteiger partial charge in [-0.3, -0.25) is 0 Å². The van der Waals surface area contributed by atoms with E-state index in [0.717, 1.165) is 26.4 Å². The minimum absolute atomic E-state index is 0.663. The normalized spacial score (nSPS) is 10.6. The summed E-state index contributed by atoms with van der Waals surface area (Å²) in [4.78, 5) is 0. The van der Waals surface area contributed by atoms with Crippen molar-refractivity contribution in [3.63, 3.8) is 0 Å². The molecule has 0 aliphatic heterocycles. The number of halogens is 2. The molecule has 0 saturated carbocycles. The Morgan fingerprint density at radius 3 is 2.62 bits per heavy atom. The lowest BCUT2D eigenvalue weighted by atomic mass is 10.2. The molecule has 7 heteroatoms. The molecule has 3 rings (SSSR count). The molecule has 0 bridgehead atoms. The van der Waals surface area contributed by atoms with E-state index in [1.807, 2.05) is 42.5 Å². The third kappa shape index (κ3) is 3.40. The van der Waals surface area contributed by atoms with Crippen molar-refractivity contribution in [3.05, 3.63) is 63.9 Å². The SMILES string of the molecule is Clc1cc(Br)ccc1CNc1ccc(-n2cnnn2)cc1. The van der Waals surface area contributed by atoms with Crippen LogP contribution in [0.3, 0.4) is 0 Å². The fraction of sp³-hybridized carbons (Fsp3) is 0.0714. The van der Waals surface area contributed by atoms with Gasteiger partial charge in [0.05, 0.1) is 5.69 Å². The number of hydrogen-bond donors (Lipinski definition) is 1. The highest BCUT2D eigenvalue weighted by Gasteiger charge is 2.02. The van der Waals surface area contributed by atoms with E-state index in [0.29, 0.717) is 6.54 Å². The summed E-state index contributed by atoms with van der Waals surface area (Å²) in [6.07, 6.45) is 1.56. The molecule has 1 aromatic heterocycles. The van der Waals surface area contributed by atoms with Crippen molar-refractivity contribution in [1.82, 2.24) is 20.2 Å². The van der Waals surface area contributed by atoms with Gasteiger partial charge in [-0.15, -0.1) is 5.10 Å². The maximum absolute atomic E-state index is 6.19. The number of benzene rings is 2. The fourth-order valence-corrected chi connectivity index (χ4v) is 2.61. The number of nitrogens with one attached hydrogen (secondary N) is 1. The van der Waals surface area contributed by atoms with Crippen molar-refractivity contribution in [2.45, 2.75) is 6.54 Å². The lowest BCUT2D eigenvalue weighted by Gasteiger charge is -2.09. The van der Waals surface area contributed by atoms with Crippen LogP contribution in [0.15, 0.2) is 53.3 Å². The van der Waals surface area contributed by atoms with Gasteiger partial charge in [-0.2, -0.15) is 0 Å². The molecule has 0 saturated heterocycles. The standard InChI is InChI=1S/C14H11BrClN5/c15-11-2-1-10(14(16)7-11)8-17-12-3-5-13(6-4-12)21-9-18-19-20-21/h1-7,9,17H,8H2. The predicted octanol–water partition coefficient (Wildman–Crippen LogP) is 3.69. The molecule has 0 spiro atoms. The van der Waals surface area contributed by atoms with Gasteiger partial charge in [-0.1, -0.05) is 33.6 Å². The summed E-state index contributed by atoms with van der Waals surface area (Å²) in [6.45, 7) is 0.663. The smallest absolute Gasteiger partial charge is 0.143 e. The van der Waals surface area contributed by atoms with Gasteiger partial charge in [0.15, 0.2) is 0 Å². The fourth-order valence-electron chi connectivity index (χ4n) is 1.87. The number of tetrazole rings is 1. The molecule has 106 valence electrons. The first-order chi connectivity index (χ1) is 10.2. The molecule has 2 aromatic carbocycles. The van der Waals surface area contributed by atoms with Crippen LogP contribution in [0, 0.1) is 0 Å². The first kappa shape index (κ1) is 14.0. The van der Waals surface area contributed by atoms with E-state index in [1.165, 1.54) is 0 Å². The summed E-state index contributed by atoms with van der Waals surface area (Å²) >= 11 is 9.59. The van der Waals surface area contributed by atoms with E-state index >= 15 is 0 Å². The van der Waals surface area contributed by atoms with E-state index in [-0.39, 0.29) is 0 Å². The van der Waals surface area contributed by atoms with Crippen LogP contribution in [0.2, 0.25) is 5.02 Å². The van der Waals surface area contributed by atoms with Crippen LogP contribution < -0.4 is 5.32 Å². The summed E-state index contributed by atoms with van der Waals surface area (Å²) in [5.41, 5.74) is 2.96. The number of aromatic nitrogens is 4. The van der Waals surface area contributed by atoms with Crippen LogP contribution in [0.1, 0.15) is 5.56 Å². The van der Waals surface area contributed by atoms with Crippen molar-refractivity contribution in [2.24, 2.45) is 0 Å². The molecule has 1 heterocycles. The average Bonchev–Trinajstić information content (AvgIpc) is 3.01. The van der Waals surface area contributed by atoms with Crippen LogP contribution >= 0.6 is 27.5 Å². The van der Waals surface area contributed by atoms with Gasteiger partial charge in [0.2, 0.25) is 0 Å². The maximum atomic E-state index is 6.19. The van der Waals surface area contributed by atoms with Gasteiger partial charge in [-0.05, 0) is 52.4 Å². The Kier molecular flexibility index (Phi) is 4.17. The monoisotopic (exact) mass is 363 g/mol. The average molecular weight is 365 g/mol. The minimum Gasteiger partial charge on any atom is -0.381 e. The highest BCUT2D eigenvalue weighted by atomic mass is 79.9. The Hall–Kier alpha value is -1.92. The first-order valence-electron chi connectivity index (χ1n) is 6.23. The number of nitrogens with zero attached hydrogens (tertiary/aromatic N) is 4. The highest BCUT2D eigenvalue weighted by molar-refractivity contribution is 9.10. The predicted molar refractivity (Wildman–Crippen MR) is 85.6 cm³/mol. The van der Waals surface area contributed by atoms with E-state index in [4.69, 9.17) is 11.6 Å². The van der Waals surface area contributed by atoms with Gasteiger partial charge in [0.1, 0.15) is 6.33 Å². The molecule has 5 nitrogen and oxygen atoms in total. The lowest BCUT2D eigenvalue weighted by molar-refractivity contribution is 0.789. The van der Waals surface area contributed by atoms with Gasteiger partial charge in [-0.25, -0.2) is 4.68 Å². The molecular formula is C14H11BrClN5. The van der Waals surface area contributed by atoms with Crippen LogP contribution in [0.4, 0.5) is 5.69 Å².